The topological polar surface area (TPSA) is 23.8 Å². The van der Waals surface area contributed by atoms with E-state index in [0.717, 1.165) is 6.42 Å². The third-order valence-electron chi connectivity index (χ3n) is 1.92. The highest BCUT2D eigenvalue weighted by molar-refractivity contribution is 8.42. The van der Waals surface area contributed by atoms with Gasteiger partial charge in [0, 0.05) is 0 Å². The highest BCUT2D eigenvalue weighted by Crippen LogP contribution is 2.37. The van der Waals surface area contributed by atoms with Crippen LogP contribution in [0.5, 0.6) is 0 Å². The van der Waals surface area contributed by atoms with Crippen molar-refractivity contribution in [3.05, 3.63) is 0 Å². The van der Waals surface area contributed by atoms with Crippen molar-refractivity contribution in [1.29, 1.82) is 5.26 Å². The van der Waals surface area contributed by atoms with Crippen LogP contribution >= 0.6 is 36.6 Å². The number of thiol groups is 1. The average Bonchev–Trinajstić information content (AvgIpc) is 1.99. The molecule has 68 valence electrons. The van der Waals surface area contributed by atoms with Crippen LogP contribution in [0, 0.1) is 17.2 Å². The van der Waals surface area contributed by atoms with Gasteiger partial charge < -0.3 is 0 Å². The Labute approximate surface area is 89.3 Å². The van der Waals surface area contributed by atoms with Gasteiger partial charge in [0.1, 0.15) is 8.28 Å². The molecule has 0 saturated heterocycles. The first-order valence-electron chi connectivity index (χ1n) is 3.81. The minimum atomic E-state index is -0.390. The Balaban J connectivity index is 4.61. The zero-order valence-corrected chi connectivity index (χ0v) is 10.0. The largest absolute Gasteiger partial charge is 0.197 e. The van der Waals surface area contributed by atoms with Gasteiger partial charge in [0.25, 0.3) is 0 Å². The molecule has 0 spiro atoms. The lowest BCUT2D eigenvalue weighted by atomic mass is 9.94. The van der Waals surface area contributed by atoms with E-state index in [9.17, 15) is 0 Å². The summed E-state index contributed by atoms with van der Waals surface area (Å²) in [5.41, 5.74) is 0. The van der Waals surface area contributed by atoms with E-state index in [1.165, 1.54) is 11.8 Å². The molecule has 0 unspecified atom stereocenters. The molecule has 0 aromatic rings. The predicted molar refractivity (Wildman–Crippen MR) is 62.6 cm³/mol. The second-order valence-electron chi connectivity index (χ2n) is 2.88. The Morgan fingerprint density at radius 3 is 2.33 bits per heavy atom. The van der Waals surface area contributed by atoms with Crippen molar-refractivity contribution in [1.82, 2.24) is 0 Å². The van der Waals surface area contributed by atoms with E-state index in [2.05, 4.69) is 18.7 Å². The van der Waals surface area contributed by atoms with Crippen LogP contribution in [-0.4, -0.2) is 8.28 Å². The molecule has 0 aliphatic carbocycles. The van der Waals surface area contributed by atoms with Crippen molar-refractivity contribution in [2.75, 3.05) is 0 Å². The molecule has 0 aromatic heterocycles. The van der Waals surface area contributed by atoms with E-state index in [4.69, 9.17) is 17.5 Å². The van der Waals surface area contributed by atoms with Crippen molar-refractivity contribution in [2.24, 2.45) is 5.92 Å². The van der Waals surface area contributed by atoms with Crippen molar-refractivity contribution in [2.45, 2.75) is 31.9 Å². The lowest BCUT2D eigenvalue weighted by Gasteiger charge is -2.27. The molecule has 12 heavy (non-hydrogen) atoms. The predicted octanol–water partition coefficient (Wildman–Crippen LogP) is 3.26. The van der Waals surface area contributed by atoms with Gasteiger partial charge in [0.15, 0.2) is 0 Å². The van der Waals surface area contributed by atoms with Crippen molar-refractivity contribution in [3.63, 3.8) is 0 Å². The van der Waals surface area contributed by atoms with Crippen LogP contribution in [-0.2, 0) is 0 Å². The number of thioether (sulfide) groups is 1. The van der Waals surface area contributed by atoms with E-state index in [-0.39, 0.29) is 0 Å². The standard InChI is InChI=1S/C8H13NS3/c1-4-8(5-9,6(2)3)12-7(10)11/h6H,4H2,1-3H3,(H,10,11)/t8-/m1/s1. The molecule has 0 fully saturated rings. The fourth-order valence-corrected chi connectivity index (χ4v) is 2.66. The lowest BCUT2D eigenvalue weighted by molar-refractivity contribution is 0.510. The Hall–Kier alpha value is 0.280. The number of hydrogen-bond donors (Lipinski definition) is 1. The first-order valence-corrected chi connectivity index (χ1v) is 5.49. The van der Waals surface area contributed by atoms with Gasteiger partial charge in [-0.1, -0.05) is 44.8 Å². The molecular weight excluding hydrogens is 206 g/mol. The smallest absolute Gasteiger partial charge is 0.110 e. The lowest BCUT2D eigenvalue weighted by Crippen LogP contribution is -2.29. The number of rotatable bonds is 3. The molecule has 0 bridgehead atoms. The maximum Gasteiger partial charge on any atom is 0.110 e. The highest BCUT2D eigenvalue weighted by Gasteiger charge is 2.33. The molecule has 0 N–H and O–H groups in total. The molecule has 0 aliphatic heterocycles. The maximum atomic E-state index is 9.03. The number of hydrogen-bond acceptors (Lipinski definition) is 3. The molecular formula is C8H13NS3. The first kappa shape index (κ1) is 12.3. The second-order valence-corrected chi connectivity index (χ2v) is 5.94. The van der Waals surface area contributed by atoms with Gasteiger partial charge in [-0.2, -0.15) is 5.26 Å². The zero-order valence-electron chi connectivity index (χ0n) is 7.50. The summed E-state index contributed by atoms with van der Waals surface area (Å²) in [5.74, 6) is 0.294. The fourth-order valence-electron chi connectivity index (χ4n) is 0.985. The van der Waals surface area contributed by atoms with Crippen LogP contribution in [0.3, 0.4) is 0 Å². The third kappa shape index (κ3) is 2.96. The summed E-state index contributed by atoms with van der Waals surface area (Å²) in [6, 6.07) is 2.32. The van der Waals surface area contributed by atoms with Crippen molar-refractivity contribution < 1.29 is 0 Å². The van der Waals surface area contributed by atoms with E-state index in [1.807, 2.05) is 20.8 Å². The van der Waals surface area contributed by atoms with E-state index in [1.54, 1.807) is 0 Å². The molecule has 0 radical (unpaired) electrons. The van der Waals surface area contributed by atoms with Gasteiger partial charge in [0.05, 0.1) is 6.07 Å². The number of thiocarbonyl (C=S) groups is 1. The number of nitrogens with zero attached hydrogens (tertiary/aromatic N) is 1. The summed E-state index contributed by atoms with van der Waals surface area (Å²) in [7, 11) is 0. The summed E-state index contributed by atoms with van der Waals surface area (Å²) in [6.07, 6.45) is 0.798. The summed E-state index contributed by atoms with van der Waals surface area (Å²) in [4.78, 5) is 0. The van der Waals surface area contributed by atoms with Crippen LogP contribution < -0.4 is 0 Å². The van der Waals surface area contributed by atoms with Crippen LogP contribution in [0.2, 0.25) is 0 Å². The molecule has 1 nitrogen and oxygen atoms in total. The van der Waals surface area contributed by atoms with Crippen LogP contribution in [0.15, 0.2) is 0 Å². The minimum Gasteiger partial charge on any atom is -0.197 e. The molecule has 0 aromatic carbocycles. The Bertz CT molecular complexity index is 207. The van der Waals surface area contributed by atoms with Crippen LogP contribution in [0.1, 0.15) is 27.2 Å². The van der Waals surface area contributed by atoms with Gasteiger partial charge in [-0.15, -0.1) is 12.6 Å². The summed E-state index contributed by atoms with van der Waals surface area (Å²) >= 11 is 10.3. The van der Waals surface area contributed by atoms with Crippen LogP contribution in [0.25, 0.3) is 0 Å². The molecule has 0 amide bonds. The zero-order chi connectivity index (χ0) is 9.78. The van der Waals surface area contributed by atoms with E-state index in [0.29, 0.717) is 9.45 Å². The molecule has 1 atom stereocenters. The highest BCUT2D eigenvalue weighted by atomic mass is 32.2. The average molecular weight is 219 g/mol. The summed E-state index contributed by atoms with van der Waals surface area (Å²) in [5, 5.41) is 9.03. The normalized spacial score (nSPS) is 15.3. The molecule has 4 heteroatoms. The van der Waals surface area contributed by atoms with Crippen molar-refractivity contribution >= 4 is 40.1 Å². The molecule has 0 saturated carbocycles. The quantitative estimate of drug-likeness (QED) is 0.582. The van der Waals surface area contributed by atoms with Gasteiger partial charge in [-0.3, -0.25) is 0 Å². The third-order valence-corrected chi connectivity index (χ3v) is 3.83. The maximum absolute atomic E-state index is 9.03. The Morgan fingerprint density at radius 1 is 1.75 bits per heavy atom. The van der Waals surface area contributed by atoms with E-state index < -0.39 is 4.75 Å². The van der Waals surface area contributed by atoms with Gasteiger partial charge >= 0.3 is 0 Å². The molecule has 0 aliphatic rings. The molecule has 0 rings (SSSR count). The summed E-state index contributed by atoms with van der Waals surface area (Å²) < 4.78 is 0.158. The van der Waals surface area contributed by atoms with Gasteiger partial charge in [-0.05, 0) is 12.3 Å². The van der Waals surface area contributed by atoms with Crippen LogP contribution in [0.4, 0.5) is 0 Å². The van der Waals surface area contributed by atoms with Crippen molar-refractivity contribution in [3.8, 4) is 6.07 Å². The SMILES string of the molecule is CC[C@](C#N)(SC(=S)S)C(C)C. The monoisotopic (exact) mass is 219 g/mol. The number of nitriles is 1. The fraction of sp³-hybridized carbons (Fsp3) is 0.750. The van der Waals surface area contributed by atoms with Gasteiger partial charge in [-0.25, -0.2) is 0 Å². The Morgan fingerprint density at radius 2 is 2.25 bits per heavy atom. The van der Waals surface area contributed by atoms with Gasteiger partial charge in [0.2, 0.25) is 0 Å². The Kier molecular flexibility index (Phi) is 5.22. The molecule has 0 heterocycles. The van der Waals surface area contributed by atoms with E-state index >= 15 is 0 Å². The first-order chi connectivity index (χ1) is 5.48. The second kappa shape index (κ2) is 5.11. The summed E-state index contributed by atoms with van der Waals surface area (Å²) in [6.45, 7) is 6.07. The minimum absolute atomic E-state index is 0.294.